The van der Waals surface area contributed by atoms with Crippen molar-refractivity contribution in [3.8, 4) is 0 Å². The lowest BCUT2D eigenvalue weighted by Crippen LogP contribution is -2.35. The number of fused-ring (bicyclic) bond motifs is 1. The van der Waals surface area contributed by atoms with Crippen LogP contribution in [0.15, 0.2) is 41.3 Å². The number of amides is 2. The Morgan fingerprint density at radius 2 is 1.77 bits per heavy atom. The Labute approximate surface area is 177 Å². The van der Waals surface area contributed by atoms with Gasteiger partial charge in [0.2, 0.25) is 21.8 Å². The highest BCUT2D eigenvalue weighted by atomic mass is 32.2. The molecule has 1 atom stereocenters. The summed E-state index contributed by atoms with van der Waals surface area (Å²) in [5, 5.41) is 2.75. The van der Waals surface area contributed by atoms with Gasteiger partial charge < -0.3 is 10.2 Å². The average molecular weight is 430 g/mol. The normalized spacial score (nSPS) is 15.9. The molecule has 0 fully saturated rings. The van der Waals surface area contributed by atoms with E-state index in [0.717, 1.165) is 26.7 Å². The van der Waals surface area contributed by atoms with Crippen LogP contribution in [0, 0.1) is 13.8 Å². The van der Waals surface area contributed by atoms with E-state index >= 15 is 0 Å². The smallest absolute Gasteiger partial charge is 0.243 e. The van der Waals surface area contributed by atoms with E-state index in [0.29, 0.717) is 12.1 Å². The van der Waals surface area contributed by atoms with Crippen LogP contribution >= 0.6 is 0 Å². The van der Waals surface area contributed by atoms with Crippen molar-refractivity contribution in [3.63, 3.8) is 0 Å². The first-order valence-electron chi connectivity index (χ1n) is 9.76. The van der Waals surface area contributed by atoms with Crippen molar-refractivity contribution in [2.75, 3.05) is 23.8 Å². The van der Waals surface area contributed by atoms with E-state index in [-0.39, 0.29) is 23.4 Å². The number of carbonyl (C=O) groups excluding carboxylic acids is 2. The number of benzene rings is 2. The molecule has 0 saturated carbocycles. The third kappa shape index (κ3) is 4.39. The van der Waals surface area contributed by atoms with Gasteiger partial charge in [0.1, 0.15) is 0 Å². The second-order valence-electron chi connectivity index (χ2n) is 7.92. The summed E-state index contributed by atoms with van der Waals surface area (Å²) in [5.74, 6) is -0.486. The van der Waals surface area contributed by atoms with Gasteiger partial charge in [-0.15, -0.1) is 0 Å². The Hall–Kier alpha value is -2.71. The summed E-state index contributed by atoms with van der Waals surface area (Å²) in [6.07, 6.45) is 0.592. The summed E-state index contributed by atoms with van der Waals surface area (Å²) in [5.41, 5.74) is 4.21. The fourth-order valence-electron chi connectivity index (χ4n) is 3.96. The van der Waals surface area contributed by atoms with Gasteiger partial charge in [0, 0.05) is 31.4 Å². The number of likely N-dealkylation sites (N-methyl/N-ethyl adjacent to an activating group) is 1. The Bertz CT molecular complexity index is 1090. The molecule has 0 radical (unpaired) electrons. The summed E-state index contributed by atoms with van der Waals surface area (Å²) in [4.78, 5) is 26.1. The molecule has 30 heavy (non-hydrogen) atoms. The van der Waals surface area contributed by atoms with Gasteiger partial charge in [-0.3, -0.25) is 9.59 Å². The Morgan fingerprint density at radius 3 is 2.37 bits per heavy atom. The molecule has 1 N–H and O–H groups in total. The Balaban J connectivity index is 1.76. The van der Waals surface area contributed by atoms with Crippen molar-refractivity contribution >= 4 is 33.2 Å². The molecule has 0 aromatic heterocycles. The number of hydrogen-bond donors (Lipinski definition) is 1. The molecule has 1 aliphatic heterocycles. The highest BCUT2D eigenvalue weighted by Crippen LogP contribution is 2.34. The first kappa shape index (κ1) is 22.0. The first-order valence-corrected chi connectivity index (χ1v) is 11.2. The molecule has 1 heterocycles. The number of sulfonamides is 1. The second-order valence-corrected chi connectivity index (χ2v) is 9.96. The molecule has 2 aromatic carbocycles. The van der Waals surface area contributed by atoms with Crippen LogP contribution in [0.1, 0.15) is 30.5 Å². The van der Waals surface area contributed by atoms with Crippen LogP contribution in [0.5, 0.6) is 0 Å². The Kier molecular flexibility index (Phi) is 6.01. The number of nitrogens with zero attached hydrogens (tertiary/aromatic N) is 2. The van der Waals surface area contributed by atoms with E-state index in [9.17, 15) is 18.0 Å². The predicted molar refractivity (Wildman–Crippen MR) is 117 cm³/mol. The molecular weight excluding hydrogens is 402 g/mol. The zero-order valence-electron chi connectivity index (χ0n) is 17.9. The van der Waals surface area contributed by atoms with Crippen molar-refractivity contribution in [3.05, 3.63) is 53.1 Å². The van der Waals surface area contributed by atoms with Crippen LogP contribution in [0.3, 0.4) is 0 Å². The highest BCUT2D eigenvalue weighted by Gasteiger charge is 2.31. The largest absolute Gasteiger partial charge is 0.325 e. The van der Waals surface area contributed by atoms with Gasteiger partial charge in [0.25, 0.3) is 0 Å². The van der Waals surface area contributed by atoms with E-state index in [1.54, 1.807) is 17.0 Å². The molecule has 2 amide bonds. The quantitative estimate of drug-likeness (QED) is 0.792. The molecule has 0 aliphatic carbocycles. The standard InChI is InChI=1S/C22H27N3O4S/c1-14-8-15(2)10-19(9-14)23-22(27)13-24(5)30(28,29)20-6-7-21-18(12-20)11-16(3)25(21)17(4)26/h6-10,12,16H,11,13H2,1-5H3,(H,23,27)/t16-/m1/s1. The molecule has 7 nitrogen and oxygen atoms in total. The van der Waals surface area contributed by atoms with Crippen molar-refractivity contribution in [2.24, 2.45) is 0 Å². The van der Waals surface area contributed by atoms with Gasteiger partial charge in [0.05, 0.1) is 11.4 Å². The maximum Gasteiger partial charge on any atom is 0.243 e. The summed E-state index contributed by atoms with van der Waals surface area (Å²) < 4.78 is 27.0. The first-order chi connectivity index (χ1) is 14.0. The molecule has 0 spiro atoms. The number of nitrogens with one attached hydrogen (secondary N) is 1. The van der Waals surface area contributed by atoms with Crippen LogP contribution in [0.4, 0.5) is 11.4 Å². The topological polar surface area (TPSA) is 86.8 Å². The van der Waals surface area contributed by atoms with Crippen molar-refractivity contribution < 1.29 is 18.0 Å². The molecule has 2 aromatic rings. The number of aryl methyl sites for hydroxylation is 2. The van der Waals surface area contributed by atoms with Crippen molar-refractivity contribution in [2.45, 2.75) is 45.1 Å². The second kappa shape index (κ2) is 8.20. The molecule has 3 rings (SSSR count). The van der Waals surface area contributed by atoms with Crippen LogP contribution in [-0.4, -0.2) is 44.2 Å². The third-order valence-electron chi connectivity index (χ3n) is 5.19. The minimum absolute atomic E-state index is 0.0169. The maximum absolute atomic E-state index is 13.0. The van der Waals surface area contributed by atoms with E-state index in [4.69, 9.17) is 0 Å². The van der Waals surface area contributed by atoms with E-state index in [2.05, 4.69) is 5.32 Å². The molecule has 1 aliphatic rings. The number of rotatable bonds is 5. The highest BCUT2D eigenvalue weighted by molar-refractivity contribution is 7.89. The molecule has 8 heteroatoms. The number of anilines is 2. The Morgan fingerprint density at radius 1 is 1.13 bits per heavy atom. The number of carbonyl (C=O) groups is 2. The van der Waals surface area contributed by atoms with Crippen molar-refractivity contribution in [1.29, 1.82) is 0 Å². The van der Waals surface area contributed by atoms with Crippen LogP contribution < -0.4 is 10.2 Å². The van der Waals surface area contributed by atoms with Gasteiger partial charge in [0.15, 0.2) is 0 Å². The zero-order valence-corrected chi connectivity index (χ0v) is 18.7. The monoisotopic (exact) mass is 429 g/mol. The summed E-state index contributed by atoms with van der Waals surface area (Å²) >= 11 is 0. The van der Waals surface area contributed by atoms with Crippen LogP contribution in [0.2, 0.25) is 0 Å². The van der Waals surface area contributed by atoms with Gasteiger partial charge in [-0.2, -0.15) is 4.31 Å². The fourth-order valence-corrected chi connectivity index (χ4v) is 5.14. The van der Waals surface area contributed by atoms with Gasteiger partial charge in [-0.05, 0) is 74.2 Å². The van der Waals surface area contributed by atoms with Gasteiger partial charge >= 0.3 is 0 Å². The minimum atomic E-state index is -3.85. The zero-order chi connectivity index (χ0) is 22.2. The van der Waals surface area contributed by atoms with E-state index in [1.165, 1.54) is 20.0 Å². The van der Waals surface area contributed by atoms with Crippen LogP contribution in [0.25, 0.3) is 0 Å². The molecule has 0 bridgehead atoms. The summed E-state index contributed by atoms with van der Waals surface area (Å²) in [6, 6.07) is 10.4. The molecule has 160 valence electrons. The summed E-state index contributed by atoms with van der Waals surface area (Å²) in [6.45, 7) is 6.99. The SMILES string of the molecule is CC(=O)N1c2ccc(S(=O)(=O)N(C)CC(=O)Nc3cc(C)cc(C)c3)cc2C[C@H]1C. The molecular formula is C22H27N3O4S. The van der Waals surface area contributed by atoms with Gasteiger partial charge in [-0.25, -0.2) is 8.42 Å². The van der Waals surface area contributed by atoms with Crippen LogP contribution in [-0.2, 0) is 26.0 Å². The van der Waals surface area contributed by atoms with E-state index in [1.807, 2.05) is 39.0 Å². The average Bonchev–Trinajstić information content (AvgIpc) is 2.95. The lowest BCUT2D eigenvalue weighted by atomic mass is 10.1. The van der Waals surface area contributed by atoms with Crippen molar-refractivity contribution in [1.82, 2.24) is 4.31 Å². The minimum Gasteiger partial charge on any atom is -0.325 e. The lowest BCUT2D eigenvalue weighted by molar-refractivity contribution is -0.117. The maximum atomic E-state index is 13.0. The van der Waals surface area contributed by atoms with E-state index < -0.39 is 15.9 Å². The molecule has 0 unspecified atom stereocenters. The fraction of sp³-hybridized carbons (Fsp3) is 0.364. The molecule has 0 saturated heterocycles. The summed E-state index contributed by atoms with van der Waals surface area (Å²) in [7, 11) is -2.47. The number of hydrogen-bond acceptors (Lipinski definition) is 4. The predicted octanol–water partition coefficient (Wildman–Crippen LogP) is 2.86. The van der Waals surface area contributed by atoms with Gasteiger partial charge in [-0.1, -0.05) is 6.07 Å². The lowest BCUT2D eigenvalue weighted by Gasteiger charge is -2.21. The third-order valence-corrected chi connectivity index (χ3v) is 6.99.